The van der Waals surface area contributed by atoms with Gasteiger partial charge in [-0.25, -0.2) is 15.2 Å². The second-order valence-electron chi connectivity index (χ2n) is 18.1. The number of hydrogen-bond donors (Lipinski definition) is 2. The van der Waals surface area contributed by atoms with Crippen LogP contribution in [0.25, 0.3) is 10.9 Å². The number of hydrogen-bond acceptors (Lipinski definition) is 13. The number of carbonyl (C=O) groups excluding carboxylic acids is 4. The Balaban J connectivity index is 1.37. The number of nitrogens with one attached hydrogen (secondary N) is 1. The number of ketones is 2. The molecule has 0 bridgehead atoms. The average molecular weight is 839 g/mol. The zero-order chi connectivity index (χ0) is 44.1. The van der Waals surface area contributed by atoms with E-state index in [2.05, 4.69) is 22.5 Å². The van der Waals surface area contributed by atoms with Crippen molar-refractivity contribution < 1.29 is 48.0 Å². The Hall–Kier alpha value is -3.53. The van der Waals surface area contributed by atoms with E-state index in [0.717, 1.165) is 37.6 Å². The van der Waals surface area contributed by atoms with Crippen molar-refractivity contribution in [3.05, 3.63) is 42.1 Å². The molecule has 0 unspecified atom stereocenters. The minimum Gasteiger partial charge on any atom is -0.458 e. The van der Waals surface area contributed by atoms with Gasteiger partial charge in [0.25, 0.3) is 0 Å². The van der Waals surface area contributed by atoms with Gasteiger partial charge < -0.3 is 33.7 Å². The van der Waals surface area contributed by atoms with Gasteiger partial charge in [-0.3, -0.25) is 19.4 Å². The number of carbonyl (C=O) groups is 4. The summed E-state index contributed by atoms with van der Waals surface area (Å²) in [5.74, 6) is -5.01. The van der Waals surface area contributed by atoms with Crippen molar-refractivity contribution in [2.45, 2.75) is 161 Å². The highest BCUT2D eigenvalue weighted by atomic mass is 16.7. The van der Waals surface area contributed by atoms with Gasteiger partial charge in [0.05, 0.1) is 23.3 Å². The number of likely N-dealkylation sites (N-methyl/N-ethyl adjacent to an activating group) is 1. The molecule has 14 nitrogen and oxygen atoms in total. The number of fused-ring (bicyclic) bond motifs is 2. The van der Waals surface area contributed by atoms with Crippen molar-refractivity contribution in [2.75, 3.05) is 27.7 Å². The number of aliphatic hydroxyl groups is 1. The molecule has 334 valence electrons. The molecule has 60 heavy (non-hydrogen) atoms. The maximum absolute atomic E-state index is 14.7. The molecule has 0 saturated carbocycles. The molecule has 13 atom stereocenters. The van der Waals surface area contributed by atoms with Crippen molar-refractivity contribution >= 4 is 34.5 Å². The van der Waals surface area contributed by atoms with Crippen LogP contribution in [0.3, 0.4) is 0 Å². The van der Waals surface area contributed by atoms with Gasteiger partial charge >= 0.3 is 12.1 Å². The molecule has 0 radical (unpaired) electrons. The molecule has 0 spiro atoms. The van der Waals surface area contributed by atoms with Crippen LogP contribution in [0.1, 0.15) is 106 Å². The summed E-state index contributed by atoms with van der Waals surface area (Å²) in [7, 11) is 5.25. The van der Waals surface area contributed by atoms with Gasteiger partial charge in [0.2, 0.25) is 0 Å². The fraction of sp³-hybridized carbons (Fsp3) is 0.717. The third kappa shape index (κ3) is 10.1. The molecule has 3 aliphatic heterocycles. The smallest absolute Gasteiger partial charge is 0.425 e. The second kappa shape index (κ2) is 20.1. The Bertz CT molecular complexity index is 1810. The minimum atomic E-state index is -1.43. The van der Waals surface area contributed by atoms with E-state index in [4.69, 9.17) is 23.7 Å². The number of methoxy groups -OCH3 is 1. The van der Waals surface area contributed by atoms with Crippen molar-refractivity contribution in [1.29, 1.82) is 0 Å². The highest BCUT2D eigenvalue weighted by molar-refractivity contribution is 6.00. The number of unbranched alkanes of at least 4 members (excludes halogenated alkanes) is 3. The first-order valence-electron chi connectivity index (χ1n) is 21.9. The van der Waals surface area contributed by atoms with E-state index in [-0.39, 0.29) is 30.8 Å². The number of aryl methyl sites for hydroxylation is 1. The number of Topliss-reactive ketones (excluding diaryl/α,β-unsaturated/α-hetero) is 2. The van der Waals surface area contributed by atoms with E-state index < -0.39 is 83.4 Å². The Kier molecular flexibility index (Phi) is 15.9. The first-order chi connectivity index (χ1) is 28.4. The van der Waals surface area contributed by atoms with E-state index in [9.17, 15) is 24.3 Å². The summed E-state index contributed by atoms with van der Waals surface area (Å²) in [6.07, 6.45) is 2.33. The number of para-hydroxylation sites is 1. The lowest BCUT2D eigenvalue weighted by atomic mass is 9.73. The number of aliphatic hydroxyl groups excluding tert-OH is 1. The summed E-state index contributed by atoms with van der Waals surface area (Å²) in [6.45, 7) is 14.4. The summed E-state index contributed by atoms with van der Waals surface area (Å²) in [5, 5.41) is 14.0. The number of hydrazine groups is 1. The van der Waals surface area contributed by atoms with Gasteiger partial charge in [-0.1, -0.05) is 58.7 Å². The summed E-state index contributed by atoms with van der Waals surface area (Å²) in [4.78, 5) is 63.2. The van der Waals surface area contributed by atoms with Gasteiger partial charge in [0.15, 0.2) is 17.7 Å². The van der Waals surface area contributed by atoms with E-state index in [1.807, 2.05) is 64.2 Å². The van der Waals surface area contributed by atoms with Crippen LogP contribution in [0.4, 0.5) is 4.79 Å². The summed E-state index contributed by atoms with van der Waals surface area (Å²) in [6, 6.07) is 9.10. The van der Waals surface area contributed by atoms with Gasteiger partial charge in [-0.05, 0) is 98.0 Å². The topological polar surface area (TPSA) is 166 Å². The molecule has 2 aromatic rings. The van der Waals surface area contributed by atoms with Crippen LogP contribution >= 0.6 is 0 Å². The molecule has 1 amide bonds. The van der Waals surface area contributed by atoms with Gasteiger partial charge in [-0.2, -0.15) is 0 Å². The van der Waals surface area contributed by atoms with Crippen LogP contribution in [-0.4, -0.2) is 125 Å². The molecule has 1 aromatic carbocycles. The molecular formula is C46H70N4O10. The quantitative estimate of drug-likeness (QED) is 0.136. The molecule has 2 N–H and O–H groups in total. The van der Waals surface area contributed by atoms with Crippen molar-refractivity contribution in [1.82, 2.24) is 20.3 Å². The normalized spacial score (nSPS) is 36.0. The standard InChI is InChI=1S/C46H70N4O10/c1-12-36-46(8)40(50(44(55)60-46)48-23-18-14-13-15-19-32-22-24-47-34-21-17-16-20-33(32)34)29(4)37(51)27(2)26-45(7,56-11)41(30(5)38(52)31(6)42(54)58-36)59-43-39(53)35(49(9)10)25-28(3)57-43/h16-17,20-22,24,27-31,35-36,39-41,43,48,53H,12-15,18-19,23,25-26H2,1-11H3/t27-,28-,29-,30+,31-,35+,36+,39-,40-,41-,43+,45-,46-/m1/s1. The predicted octanol–water partition coefficient (Wildman–Crippen LogP) is 6.05. The largest absolute Gasteiger partial charge is 0.458 e. The third-order valence-electron chi connectivity index (χ3n) is 13.5. The van der Waals surface area contributed by atoms with Crippen LogP contribution < -0.4 is 5.43 Å². The number of amides is 1. The van der Waals surface area contributed by atoms with Crippen molar-refractivity contribution in [3.63, 3.8) is 0 Å². The average Bonchev–Trinajstić information content (AvgIpc) is 3.49. The van der Waals surface area contributed by atoms with E-state index >= 15 is 0 Å². The SMILES string of the molecule is CC[C@@H]1OC(=O)[C@H](C)C(=O)[C@H](C)[C@@H](O[C@@H]2O[C@H](C)C[C@H](N(C)C)[C@H]2O)[C@](C)(OC)C[C@@H](C)C(=O)[C@@H](C)[C@H]2N(NCCCCCCc3ccnc4ccccc34)C(=O)O[C@]12C. The Labute approximate surface area is 356 Å². The van der Waals surface area contributed by atoms with Crippen LogP contribution in [0.2, 0.25) is 0 Å². The number of esters is 1. The highest BCUT2D eigenvalue weighted by Crippen LogP contribution is 2.42. The number of cyclic esters (lactones) is 1. The second-order valence-corrected chi connectivity index (χ2v) is 18.1. The first kappa shape index (κ1) is 47.5. The Morgan fingerprint density at radius 3 is 2.35 bits per heavy atom. The van der Waals surface area contributed by atoms with Gasteiger partial charge in [0, 0.05) is 49.0 Å². The molecule has 3 aliphatic rings. The number of pyridine rings is 1. The fourth-order valence-corrected chi connectivity index (χ4v) is 9.90. The lowest BCUT2D eigenvalue weighted by Gasteiger charge is -2.47. The summed E-state index contributed by atoms with van der Waals surface area (Å²) < 4.78 is 31.2. The molecule has 5 rings (SSSR count). The number of aromatic nitrogens is 1. The number of benzene rings is 1. The number of rotatable bonds is 13. The maximum Gasteiger partial charge on any atom is 0.425 e. The Morgan fingerprint density at radius 1 is 0.967 bits per heavy atom. The zero-order valence-corrected chi connectivity index (χ0v) is 37.6. The lowest BCUT2D eigenvalue weighted by Crippen LogP contribution is -2.61. The number of nitrogens with zero attached hydrogens (tertiary/aromatic N) is 3. The summed E-state index contributed by atoms with van der Waals surface area (Å²) >= 11 is 0. The molecule has 14 heteroatoms. The van der Waals surface area contributed by atoms with Crippen LogP contribution in [-0.2, 0) is 44.5 Å². The molecule has 3 fully saturated rings. The third-order valence-corrected chi connectivity index (χ3v) is 13.5. The van der Waals surface area contributed by atoms with Crippen LogP contribution in [0.15, 0.2) is 36.5 Å². The monoisotopic (exact) mass is 839 g/mol. The molecular weight excluding hydrogens is 769 g/mol. The van der Waals surface area contributed by atoms with Gasteiger partial charge in [-0.15, -0.1) is 0 Å². The van der Waals surface area contributed by atoms with Gasteiger partial charge in [0.1, 0.15) is 30.0 Å². The molecule has 0 aliphatic carbocycles. The van der Waals surface area contributed by atoms with E-state index in [1.165, 1.54) is 30.0 Å². The maximum atomic E-state index is 14.7. The van der Waals surface area contributed by atoms with Crippen molar-refractivity contribution in [3.8, 4) is 0 Å². The minimum absolute atomic E-state index is 0.126. The Morgan fingerprint density at radius 2 is 1.67 bits per heavy atom. The molecule has 3 saturated heterocycles. The lowest BCUT2D eigenvalue weighted by molar-refractivity contribution is -0.295. The molecule has 4 heterocycles. The van der Waals surface area contributed by atoms with Crippen LogP contribution in [0.5, 0.6) is 0 Å². The summed E-state index contributed by atoms with van der Waals surface area (Å²) in [5.41, 5.74) is 2.85. The first-order valence-corrected chi connectivity index (χ1v) is 21.9. The highest BCUT2D eigenvalue weighted by Gasteiger charge is 2.61. The predicted molar refractivity (Wildman–Crippen MR) is 227 cm³/mol. The van der Waals surface area contributed by atoms with Crippen LogP contribution in [0, 0.1) is 23.7 Å². The zero-order valence-electron chi connectivity index (χ0n) is 37.6. The van der Waals surface area contributed by atoms with E-state index in [0.29, 0.717) is 13.0 Å². The molecule has 1 aromatic heterocycles. The fourth-order valence-electron chi connectivity index (χ4n) is 9.90. The number of ether oxygens (including phenoxy) is 5. The van der Waals surface area contributed by atoms with Crippen molar-refractivity contribution in [2.24, 2.45) is 23.7 Å². The van der Waals surface area contributed by atoms with E-state index in [1.54, 1.807) is 27.7 Å².